The molecule has 0 fully saturated rings. The van der Waals surface area contributed by atoms with Crippen LogP contribution in [0.2, 0.25) is 0 Å². The summed E-state index contributed by atoms with van der Waals surface area (Å²) in [5.74, 6) is 0.0694. The maximum atomic E-state index is 15.0. The van der Waals surface area contributed by atoms with Gasteiger partial charge in [0.25, 0.3) is 0 Å². The van der Waals surface area contributed by atoms with E-state index in [2.05, 4.69) is 9.97 Å². The van der Waals surface area contributed by atoms with E-state index in [1.165, 1.54) is 36.5 Å². The van der Waals surface area contributed by atoms with Crippen molar-refractivity contribution in [2.45, 2.75) is 19.4 Å². The smallest absolute Gasteiger partial charge is 0.407 e. The van der Waals surface area contributed by atoms with E-state index >= 15 is 0 Å². The molecule has 5 rings (SSSR count). The Morgan fingerprint density at radius 1 is 1.29 bits per heavy atom. The molecule has 1 N–H and O–H groups in total. The SMILES string of the molecule is COCCN(C[C@@H]1Cc2c(c(F)cc3nc(-c4cc(C)cc5nc(OC)cnc45)sc23)O1)C(=O)O. The van der Waals surface area contributed by atoms with Crippen molar-refractivity contribution in [3.05, 3.63) is 41.3 Å². The summed E-state index contributed by atoms with van der Waals surface area (Å²) in [7, 11) is 3.05. The summed E-state index contributed by atoms with van der Waals surface area (Å²) >= 11 is 1.43. The van der Waals surface area contributed by atoms with Gasteiger partial charge < -0.3 is 24.2 Å². The molecular weight excluding hydrogens is 475 g/mol. The molecule has 1 amide bonds. The fourth-order valence-corrected chi connectivity index (χ4v) is 5.38. The summed E-state index contributed by atoms with van der Waals surface area (Å²) in [6, 6.07) is 5.27. The number of aromatic nitrogens is 3. The number of methoxy groups -OCH3 is 2. The fraction of sp³-hybridized carbons (Fsp3) is 0.333. The number of hydrogen-bond acceptors (Lipinski definition) is 8. The van der Waals surface area contributed by atoms with Gasteiger partial charge in [0, 0.05) is 37.3 Å². The number of rotatable bonds is 7. The first kappa shape index (κ1) is 23.2. The van der Waals surface area contributed by atoms with E-state index in [9.17, 15) is 14.3 Å². The first-order valence-electron chi connectivity index (χ1n) is 10.9. The topological polar surface area (TPSA) is 107 Å². The second kappa shape index (κ2) is 9.23. The normalized spacial score (nSPS) is 14.8. The van der Waals surface area contributed by atoms with E-state index in [0.29, 0.717) is 39.4 Å². The Kier molecular flexibility index (Phi) is 6.12. The number of nitrogens with zero attached hydrogens (tertiary/aromatic N) is 4. The van der Waals surface area contributed by atoms with Gasteiger partial charge in [-0.15, -0.1) is 11.3 Å². The van der Waals surface area contributed by atoms with Crippen LogP contribution < -0.4 is 9.47 Å². The van der Waals surface area contributed by atoms with Crippen LogP contribution >= 0.6 is 11.3 Å². The lowest BCUT2D eigenvalue weighted by atomic mass is 10.1. The molecule has 1 atom stereocenters. The number of halogens is 1. The number of amides is 1. The van der Waals surface area contributed by atoms with Crippen LogP contribution in [0.25, 0.3) is 31.8 Å². The highest BCUT2D eigenvalue weighted by atomic mass is 32.1. The average Bonchev–Trinajstić information content (AvgIpc) is 3.45. The second-order valence-electron chi connectivity index (χ2n) is 8.29. The number of carbonyl (C=O) groups is 1. The van der Waals surface area contributed by atoms with Crippen molar-refractivity contribution < 1.29 is 28.5 Å². The molecule has 2 aromatic carbocycles. The van der Waals surface area contributed by atoms with Crippen LogP contribution in [0.1, 0.15) is 11.1 Å². The average molecular weight is 499 g/mol. The maximum absolute atomic E-state index is 15.0. The number of benzene rings is 2. The lowest BCUT2D eigenvalue weighted by molar-refractivity contribution is 0.0937. The highest BCUT2D eigenvalue weighted by molar-refractivity contribution is 7.22. The van der Waals surface area contributed by atoms with Crippen LogP contribution in [-0.2, 0) is 11.2 Å². The first-order chi connectivity index (χ1) is 16.9. The van der Waals surface area contributed by atoms with Crippen molar-refractivity contribution in [2.75, 3.05) is 33.9 Å². The molecule has 0 saturated heterocycles. The molecule has 1 aliphatic rings. The van der Waals surface area contributed by atoms with Crippen LogP contribution in [0.5, 0.6) is 11.6 Å². The number of hydrogen-bond donors (Lipinski definition) is 1. The van der Waals surface area contributed by atoms with Crippen molar-refractivity contribution >= 4 is 38.7 Å². The minimum absolute atomic E-state index is 0.111. The van der Waals surface area contributed by atoms with Gasteiger partial charge in [0.05, 0.1) is 47.7 Å². The number of carboxylic acid groups (broad SMARTS) is 1. The zero-order valence-electron chi connectivity index (χ0n) is 19.4. The van der Waals surface area contributed by atoms with Gasteiger partial charge in [-0.1, -0.05) is 0 Å². The summed E-state index contributed by atoms with van der Waals surface area (Å²) in [4.78, 5) is 26.5. The van der Waals surface area contributed by atoms with Gasteiger partial charge in [-0.05, 0) is 24.6 Å². The minimum Gasteiger partial charge on any atom is -0.485 e. The van der Waals surface area contributed by atoms with E-state index in [0.717, 1.165) is 15.8 Å². The van der Waals surface area contributed by atoms with Crippen LogP contribution in [0.3, 0.4) is 0 Å². The van der Waals surface area contributed by atoms with Gasteiger partial charge in [0.15, 0.2) is 11.6 Å². The molecule has 0 spiro atoms. The Morgan fingerprint density at radius 3 is 2.86 bits per heavy atom. The maximum Gasteiger partial charge on any atom is 0.407 e. The van der Waals surface area contributed by atoms with Gasteiger partial charge in [-0.3, -0.25) is 0 Å². The Morgan fingerprint density at radius 2 is 2.11 bits per heavy atom. The molecule has 0 aliphatic carbocycles. The van der Waals surface area contributed by atoms with Crippen molar-refractivity contribution in [1.82, 2.24) is 19.9 Å². The molecule has 0 saturated carbocycles. The Hall–Kier alpha value is -3.57. The summed E-state index contributed by atoms with van der Waals surface area (Å²) in [6.07, 6.45) is 0.369. The lowest BCUT2D eigenvalue weighted by Gasteiger charge is -2.22. The molecule has 11 heteroatoms. The molecule has 0 unspecified atom stereocenters. The predicted molar refractivity (Wildman–Crippen MR) is 129 cm³/mol. The minimum atomic E-state index is -1.07. The highest BCUT2D eigenvalue weighted by Crippen LogP contribution is 2.43. The zero-order valence-corrected chi connectivity index (χ0v) is 20.2. The Labute approximate surface area is 204 Å². The molecule has 4 aromatic rings. The Bertz CT molecular complexity index is 1440. The number of thiazole rings is 1. The molecule has 9 nitrogen and oxygen atoms in total. The van der Waals surface area contributed by atoms with Crippen molar-refractivity contribution in [3.8, 4) is 22.2 Å². The summed E-state index contributed by atoms with van der Waals surface area (Å²) in [6.45, 7) is 2.55. The fourth-order valence-electron chi connectivity index (χ4n) is 4.27. The number of ether oxygens (including phenoxy) is 3. The molecule has 3 heterocycles. The molecule has 2 aromatic heterocycles. The van der Waals surface area contributed by atoms with E-state index in [1.807, 2.05) is 19.1 Å². The molecular formula is C24H23FN4O5S. The zero-order chi connectivity index (χ0) is 24.7. The second-order valence-corrected chi connectivity index (χ2v) is 9.29. The van der Waals surface area contributed by atoms with Gasteiger partial charge in [0.1, 0.15) is 11.1 Å². The summed E-state index contributed by atoms with van der Waals surface area (Å²) in [5, 5.41) is 10.2. The predicted octanol–water partition coefficient (Wildman–Crippen LogP) is 4.29. The molecule has 0 bridgehead atoms. The Balaban J connectivity index is 1.52. The third kappa shape index (κ3) is 4.32. The van der Waals surface area contributed by atoms with E-state index in [-0.39, 0.29) is 25.4 Å². The molecule has 35 heavy (non-hydrogen) atoms. The third-order valence-electron chi connectivity index (χ3n) is 5.87. The van der Waals surface area contributed by atoms with Gasteiger partial charge in [-0.2, -0.15) is 0 Å². The largest absolute Gasteiger partial charge is 0.485 e. The standard InChI is InChI=1S/C24H23FN4O5S/c1-12-6-14(20-17(7-12)27-19(33-3)10-26-20)23-28-18-9-16(25)21-15(22(18)35-23)8-13(34-21)11-29(24(30)31)4-5-32-2/h6-7,9-10,13H,4-5,8,11H2,1-3H3,(H,30,31)/t13-/m0/s1. The van der Waals surface area contributed by atoms with E-state index in [1.54, 1.807) is 6.20 Å². The van der Waals surface area contributed by atoms with Crippen LogP contribution in [0.4, 0.5) is 9.18 Å². The number of fused-ring (bicyclic) bond motifs is 4. The van der Waals surface area contributed by atoms with E-state index < -0.39 is 18.0 Å². The van der Waals surface area contributed by atoms with Gasteiger partial charge in [-0.25, -0.2) is 24.1 Å². The van der Waals surface area contributed by atoms with Crippen molar-refractivity contribution in [2.24, 2.45) is 0 Å². The van der Waals surface area contributed by atoms with Crippen molar-refractivity contribution in [1.29, 1.82) is 0 Å². The summed E-state index contributed by atoms with van der Waals surface area (Å²) in [5.41, 5.74) is 4.38. The highest BCUT2D eigenvalue weighted by Gasteiger charge is 2.32. The monoisotopic (exact) mass is 498 g/mol. The lowest BCUT2D eigenvalue weighted by Crippen LogP contribution is -2.40. The number of aryl methyl sites for hydroxylation is 1. The summed E-state index contributed by atoms with van der Waals surface area (Å²) < 4.78 is 31.8. The van der Waals surface area contributed by atoms with Crippen LogP contribution in [0, 0.1) is 12.7 Å². The third-order valence-corrected chi connectivity index (χ3v) is 7.03. The molecule has 1 aliphatic heterocycles. The van der Waals surface area contributed by atoms with Gasteiger partial charge >= 0.3 is 6.09 Å². The van der Waals surface area contributed by atoms with E-state index in [4.69, 9.17) is 19.2 Å². The first-order valence-corrected chi connectivity index (χ1v) is 11.8. The van der Waals surface area contributed by atoms with Crippen molar-refractivity contribution in [3.63, 3.8) is 0 Å². The molecule has 0 radical (unpaired) electrons. The quantitative estimate of drug-likeness (QED) is 0.402. The van der Waals surface area contributed by atoms with Crippen LogP contribution in [0.15, 0.2) is 24.4 Å². The molecule has 182 valence electrons. The van der Waals surface area contributed by atoms with Gasteiger partial charge in [0.2, 0.25) is 5.88 Å². The van der Waals surface area contributed by atoms with Crippen LogP contribution in [-0.4, -0.2) is 71.1 Å².